The number of ether oxygens (including phenoxy) is 2. The van der Waals surface area contributed by atoms with Gasteiger partial charge in [0, 0.05) is 41.7 Å². The molecule has 5 nitrogen and oxygen atoms in total. The summed E-state index contributed by atoms with van der Waals surface area (Å²) in [6.45, 7) is 0. The van der Waals surface area contributed by atoms with E-state index in [0.717, 1.165) is 11.6 Å². The van der Waals surface area contributed by atoms with Gasteiger partial charge in [-0.2, -0.15) is 0 Å². The number of rotatable bonds is 3. The Hall–Kier alpha value is -2.76. The molecule has 6 heteroatoms. The van der Waals surface area contributed by atoms with E-state index in [9.17, 15) is 14.3 Å². The van der Waals surface area contributed by atoms with Crippen LogP contribution in [0.15, 0.2) is 30.3 Å². The van der Waals surface area contributed by atoms with E-state index in [4.69, 9.17) is 9.47 Å². The Morgan fingerprint density at radius 3 is 2.65 bits per heavy atom. The van der Waals surface area contributed by atoms with Crippen LogP contribution in [-0.2, 0) is 4.79 Å². The van der Waals surface area contributed by atoms with Crippen LogP contribution < -0.4 is 14.8 Å². The number of phenolic OH excluding ortho intramolecular Hbond substituents is 1. The normalized spacial score (nSPS) is 16.5. The molecule has 0 saturated heterocycles. The maximum atomic E-state index is 13.3. The Balaban J connectivity index is 2.20. The summed E-state index contributed by atoms with van der Waals surface area (Å²) in [5, 5.41) is 12.9. The van der Waals surface area contributed by atoms with Gasteiger partial charge in [0.25, 0.3) is 0 Å². The van der Waals surface area contributed by atoms with Gasteiger partial charge in [0.05, 0.1) is 19.9 Å². The van der Waals surface area contributed by atoms with Gasteiger partial charge in [-0.15, -0.1) is 0 Å². The minimum Gasteiger partial charge on any atom is -0.508 e. The van der Waals surface area contributed by atoms with Crippen molar-refractivity contribution in [3.05, 3.63) is 47.3 Å². The zero-order valence-electron chi connectivity index (χ0n) is 12.7. The zero-order valence-corrected chi connectivity index (χ0v) is 12.7. The molecule has 0 saturated carbocycles. The molecular formula is C17H16FNO4. The molecule has 120 valence electrons. The van der Waals surface area contributed by atoms with Crippen molar-refractivity contribution in [1.82, 2.24) is 0 Å². The van der Waals surface area contributed by atoms with E-state index < -0.39 is 11.7 Å². The van der Waals surface area contributed by atoms with E-state index in [1.807, 2.05) is 0 Å². The highest BCUT2D eigenvalue weighted by atomic mass is 19.1. The van der Waals surface area contributed by atoms with E-state index in [-0.39, 0.29) is 18.1 Å². The maximum absolute atomic E-state index is 13.3. The van der Waals surface area contributed by atoms with Crippen molar-refractivity contribution in [3.8, 4) is 17.2 Å². The Morgan fingerprint density at radius 2 is 2.00 bits per heavy atom. The predicted octanol–water partition coefficient (Wildman–Crippen LogP) is 3.02. The van der Waals surface area contributed by atoms with Crippen LogP contribution in [0, 0.1) is 5.82 Å². The molecule has 0 aromatic heterocycles. The lowest BCUT2D eigenvalue weighted by molar-refractivity contribution is -0.116. The van der Waals surface area contributed by atoms with E-state index in [0.29, 0.717) is 22.7 Å². The van der Waals surface area contributed by atoms with Crippen LogP contribution in [0.1, 0.15) is 23.5 Å². The molecule has 2 aromatic carbocycles. The van der Waals surface area contributed by atoms with E-state index >= 15 is 0 Å². The first-order valence-electron chi connectivity index (χ1n) is 7.07. The average molecular weight is 317 g/mol. The Kier molecular flexibility index (Phi) is 3.82. The topological polar surface area (TPSA) is 67.8 Å². The van der Waals surface area contributed by atoms with Crippen molar-refractivity contribution in [3.63, 3.8) is 0 Å². The number of anilines is 1. The fourth-order valence-corrected chi connectivity index (χ4v) is 2.92. The number of hydrogen-bond acceptors (Lipinski definition) is 4. The third-order valence-corrected chi connectivity index (χ3v) is 3.95. The molecule has 2 N–H and O–H groups in total. The predicted molar refractivity (Wildman–Crippen MR) is 82.7 cm³/mol. The molecule has 1 atom stereocenters. The van der Waals surface area contributed by atoms with Crippen molar-refractivity contribution in [1.29, 1.82) is 0 Å². The van der Waals surface area contributed by atoms with Gasteiger partial charge in [-0.05, 0) is 6.07 Å². The second-order valence-corrected chi connectivity index (χ2v) is 5.30. The highest BCUT2D eigenvalue weighted by Gasteiger charge is 2.32. The highest BCUT2D eigenvalue weighted by Crippen LogP contribution is 2.46. The summed E-state index contributed by atoms with van der Waals surface area (Å²) in [6, 6.07) is 7.20. The number of phenols is 1. The SMILES string of the molecule is COc1cc2c(c(OC)c1)C(c1ccc(F)cc1O)CC(=O)N2. The minimum atomic E-state index is -0.534. The van der Waals surface area contributed by atoms with Crippen molar-refractivity contribution < 1.29 is 23.8 Å². The smallest absolute Gasteiger partial charge is 0.225 e. The van der Waals surface area contributed by atoms with E-state index in [1.54, 1.807) is 12.1 Å². The summed E-state index contributed by atoms with van der Waals surface area (Å²) in [5.41, 5.74) is 1.77. The molecule has 23 heavy (non-hydrogen) atoms. The van der Waals surface area contributed by atoms with E-state index in [2.05, 4.69) is 5.32 Å². The standard InChI is InChI=1S/C17H16FNO4/c1-22-10-6-13-17(15(7-10)23-2)12(8-16(21)19-13)11-4-3-9(18)5-14(11)20/h3-7,12,20H,8H2,1-2H3,(H,19,21). The molecule has 3 rings (SSSR count). The van der Waals surface area contributed by atoms with Crippen LogP contribution in [0.4, 0.5) is 10.1 Å². The zero-order chi connectivity index (χ0) is 16.6. The van der Waals surface area contributed by atoms with Crippen LogP contribution in [0.5, 0.6) is 17.2 Å². The molecule has 0 spiro atoms. The average Bonchev–Trinajstić information content (AvgIpc) is 2.52. The number of halogens is 1. The fraction of sp³-hybridized carbons (Fsp3) is 0.235. The second-order valence-electron chi connectivity index (χ2n) is 5.30. The Labute approximate surface area is 132 Å². The third-order valence-electron chi connectivity index (χ3n) is 3.95. The van der Waals surface area contributed by atoms with Crippen LogP contribution in [-0.4, -0.2) is 25.2 Å². The number of aromatic hydroxyl groups is 1. The summed E-state index contributed by atoms with van der Waals surface area (Å²) in [6.07, 6.45) is 0.134. The lowest BCUT2D eigenvalue weighted by Gasteiger charge is -2.28. The van der Waals surface area contributed by atoms with Crippen LogP contribution in [0.25, 0.3) is 0 Å². The fourth-order valence-electron chi connectivity index (χ4n) is 2.92. The van der Waals surface area contributed by atoms with Crippen LogP contribution in [0.3, 0.4) is 0 Å². The molecule has 0 radical (unpaired) electrons. The summed E-state index contributed by atoms with van der Waals surface area (Å²) in [5.74, 6) is -0.262. The van der Waals surface area contributed by atoms with Crippen molar-refractivity contribution >= 4 is 11.6 Å². The van der Waals surface area contributed by atoms with Crippen LogP contribution in [0.2, 0.25) is 0 Å². The largest absolute Gasteiger partial charge is 0.508 e. The monoisotopic (exact) mass is 317 g/mol. The van der Waals surface area contributed by atoms with E-state index in [1.165, 1.54) is 26.4 Å². The van der Waals surface area contributed by atoms with Crippen molar-refractivity contribution in [2.75, 3.05) is 19.5 Å². The minimum absolute atomic E-state index is 0.134. The molecule has 1 amide bonds. The molecule has 1 unspecified atom stereocenters. The molecule has 2 aromatic rings. The number of fused-ring (bicyclic) bond motifs is 1. The van der Waals surface area contributed by atoms with Gasteiger partial charge in [-0.25, -0.2) is 4.39 Å². The van der Waals surface area contributed by atoms with Gasteiger partial charge in [0.2, 0.25) is 5.91 Å². The number of benzene rings is 2. The Bertz CT molecular complexity index is 775. The first-order chi connectivity index (χ1) is 11.0. The first-order valence-corrected chi connectivity index (χ1v) is 7.07. The number of carbonyl (C=O) groups is 1. The Morgan fingerprint density at radius 1 is 1.22 bits per heavy atom. The lowest BCUT2D eigenvalue weighted by atomic mass is 9.83. The summed E-state index contributed by atoms with van der Waals surface area (Å²) >= 11 is 0. The molecule has 0 fully saturated rings. The van der Waals surface area contributed by atoms with Crippen LogP contribution >= 0.6 is 0 Å². The van der Waals surface area contributed by atoms with Crippen molar-refractivity contribution in [2.45, 2.75) is 12.3 Å². The number of amides is 1. The number of carbonyl (C=O) groups excluding carboxylic acids is 1. The van der Waals surface area contributed by atoms with Gasteiger partial charge in [0.1, 0.15) is 23.1 Å². The number of methoxy groups -OCH3 is 2. The summed E-state index contributed by atoms with van der Waals surface area (Å²) in [4.78, 5) is 12.0. The van der Waals surface area contributed by atoms with Gasteiger partial charge < -0.3 is 19.9 Å². The lowest BCUT2D eigenvalue weighted by Crippen LogP contribution is -2.24. The first kappa shape index (κ1) is 15.1. The quantitative estimate of drug-likeness (QED) is 0.913. The van der Waals surface area contributed by atoms with Gasteiger partial charge >= 0.3 is 0 Å². The third kappa shape index (κ3) is 2.67. The van der Waals surface area contributed by atoms with Gasteiger partial charge in [-0.1, -0.05) is 6.07 Å². The molecular weight excluding hydrogens is 301 g/mol. The summed E-state index contributed by atoms with van der Waals surface area (Å²) in [7, 11) is 3.04. The number of hydrogen-bond donors (Lipinski definition) is 2. The highest BCUT2D eigenvalue weighted by molar-refractivity contribution is 5.96. The maximum Gasteiger partial charge on any atom is 0.225 e. The molecule has 1 aliphatic rings. The molecule has 0 bridgehead atoms. The molecule has 1 heterocycles. The second kappa shape index (κ2) is 5.79. The molecule has 0 aliphatic carbocycles. The van der Waals surface area contributed by atoms with Gasteiger partial charge in [-0.3, -0.25) is 4.79 Å². The van der Waals surface area contributed by atoms with Crippen molar-refractivity contribution in [2.24, 2.45) is 0 Å². The molecule has 1 aliphatic heterocycles. The summed E-state index contributed by atoms with van der Waals surface area (Å²) < 4.78 is 23.9. The van der Waals surface area contributed by atoms with Gasteiger partial charge in [0.15, 0.2) is 0 Å². The number of nitrogens with one attached hydrogen (secondary N) is 1.